The summed E-state index contributed by atoms with van der Waals surface area (Å²) in [4.78, 5) is 12.3. The molecule has 2 nitrogen and oxygen atoms in total. The van der Waals surface area contributed by atoms with Crippen molar-refractivity contribution >= 4 is 24.7 Å². The Bertz CT molecular complexity index is 791. The number of hydrogen-bond acceptors (Lipinski definition) is 1. The van der Waals surface area contributed by atoms with Crippen LogP contribution < -0.4 is 10.5 Å². The molecule has 27 heavy (non-hydrogen) atoms. The van der Waals surface area contributed by atoms with E-state index in [4.69, 9.17) is 0 Å². The highest BCUT2D eigenvalue weighted by atomic mass is 28.3. The fourth-order valence-electron chi connectivity index (χ4n) is 2.88. The van der Waals surface area contributed by atoms with Crippen molar-refractivity contribution in [3.8, 4) is 0 Å². The van der Waals surface area contributed by atoms with E-state index in [0.29, 0.717) is 17.5 Å². The molecule has 0 aromatic heterocycles. The summed E-state index contributed by atoms with van der Waals surface area (Å²) in [6.45, 7) is 8.56. The van der Waals surface area contributed by atoms with Gasteiger partial charge in [0.15, 0.2) is 0 Å². The first-order valence-corrected chi connectivity index (χ1v) is 12.7. The standard InChI is InChI=1S/C22H27F2NOSi/c1-5-18(25-22(26)17-9-7-6-8-10-17)15-20(21(23)24)16-11-13-19(14-12-16)27(2,3)4/h6-14,18H,5,15H2,1-4H3,(H,25,26). The second-order valence-corrected chi connectivity index (χ2v) is 12.8. The van der Waals surface area contributed by atoms with Crippen LogP contribution in [-0.2, 0) is 0 Å². The highest BCUT2D eigenvalue weighted by Crippen LogP contribution is 2.26. The molecule has 1 amide bonds. The maximum atomic E-state index is 13.7. The number of amides is 1. The van der Waals surface area contributed by atoms with Crippen LogP contribution in [0.5, 0.6) is 0 Å². The van der Waals surface area contributed by atoms with E-state index in [1.807, 2.05) is 25.1 Å². The van der Waals surface area contributed by atoms with Crippen LogP contribution in [0.1, 0.15) is 35.7 Å². The molecule has 2 rings (SSSR count). The third-order valence-electron chi connectivity index (χ3n) is 4.64. The summed E-state index contributed by atoms with van der Waals surface area (Å²) in [6, 6.07) is 15.9. The number of benzene rings is 2. The fourth-order valence-corrected chi connectivity index (χ4v) is 4.04. The minimum Gasteiger partial charge on any atom is -0.349 e. The summed E-state index contributed by atoms with van der Waals surface area (Å²) >= 11 is 0. The van der Waals surface area contributed by atoms with Gasteiger partial charge in [0, 0.05) is 17.2 Å². The van der Waals surface area contributed by atoms with Gasteiger partial charge in [-0.15, -0.1) is 0 Å². The third-order valence-corrected chi connectivity index (χ3v) is 6.71. The van der Waals surface area contributed by atoms with E-state index in [1.165, 1.54) is 5.19 Å². The Morgan fingerprint density at radius 3 is 2.04 bits per heavy atom. The van der Waals surface area contributed by atoms with E-state index in [-0.39, 0.29) is 23.9 Å². The molecule has 1 N–H and O–H groups in total. The van der Waals surface area contributed by atoms with Crippen LogP contribution in [-0.4, -0.2) is 20.0 Å². The number of rotatable bonds is 7. The highest BCUT2D eigenvalue weighted by Gasteiger charge is 2.20. The monoisotopic (exact) mass is 387 g/mol. The van der Waals surface area contributed by atoms with Gasteiger partial charge >= 0.3 is 0 Å². The van der Waals surface area contributed by atoms with Gasteiger partial charge in [-0.25, -0.2) is 0 Å². The molecule has 1 atom stereocenters. The predicted octanol–water partition coefficient (Wildman–Crippen LogP) is 5.44. The van der Waals surface area contributed by atoms with Gasteiger partial charge < -0.3 is 5.32 Å². The normalized spacial score (nSPS) is 12.4. The second kappa shape index (κ2) is 9.09. The molecule has 0 saturated heterocycles. The van der Waals surface area contributed by atoms with Crippen molar-refractivity contribution in [3.05, 3.63) is 71.8 Å². The van der Waals surface area contributed by atoms with Crippen LogP contribution in [0.25, 0.3) is 5.57 Å². The Kier molecular flexibility index (Phi) is 7.08. The summed E-state index contributed by atoms with van der Waals surface area (Å²) in [7, 11) is -1.48. The summed E-state index contributed by atoms with van der Waals surface area (Å²) in [5, 5.41) is 4.10. The topological polar surface area (TPSA) is 29.1 Å². The lowest BCUT2D eigenvalue weighted by Crippen LogP contribution is -2.37. The zero-order valence-electron chi connectivity index (χ0n) is 16.4. The lowest BCUT2D eigenvalue weighted by Gasteiger charge is -2.20. The quantitative estimate of drug-likeness (QED) is 0.630. The van der Waals surface area contributed by atoms with Crippen LogP contribution in [0.15, 0.2) is 60.7 Å². The van der Waals surface area contributed by atoms with Crippen molar-refractivity contribution in [2.24, 2.45) is 0 Å². The molecule has 0 aliphatic rings. The number of hydrogen-bond donors (Lipinski definition) is 1. The molecule has 0 aliphatic carbocycles. The minimum absolute atomic E-state index is 0.00247. The van der Waals surface area contributed by atoms with Gasteiger partial charge in [0.05, 0.1) is 8.07 Å². The van der Waals surface area contributed by atoms with Crippen LogP contribution >= 0.6 is 0 Å². The average molecular weight is 388 g/mol. The molecule has 0 fully saturated rings. The summed E-state index contributed by atoms with van der Waals surface area (Å²) in [5.74, 6) is -0.241. The van der Waals surface area contributed by atoms with E-state index in [2.05, 4.69) is 25.0 Å². The van der Waals surface area contributed by atoms with Crippen molar-refractivity contribution in [2.45, 2.75) is 45.4 Å². The molecule has 0 bridgehead atoms. The van der Waals surface area contributed by atoms with Gasteiger partial charge in [-0.05, 0) is 30.5 Å². The van der Waals surface area contributed by atoms with Gasteiger partial charge in [-0.2, -0.15) is 8.78 Å². The molecule has 144 valence electrons. The molecule has 2 aromatic rings. The van der Waals surface area contributed by atoms with Crippen LogP contribution in [0.4, 0.5) is 8.78 Å². The van der Waals surface area contributed by atoms with Gasteiger partial charge in [0.2, 0.25) is 0 Å². The van der Waals surface area contributed by atoms with Gasteiger partial charge in [0.25, 0.3) is 12.0 Å². The Hall–Kier alpha value is -2.27. The molecular weight excluding hydrogens is 360 g/mol. The molecule has 0 radical (unpaired) electrons. The van der Waals surface area contributed by atoms with Crippen LogP contribution in [0.3, 0.4) is 0 Å². The zero-order chi connectivity index (χ0) is 20.0. The maximum Gasteiger partial charge on any atom is 0.274 e. The number of nitrogens with one attached hydrogen (secondary N) is 1. The maximum absolute atomic E-state index is 13.7. The molecule has 0 saturated carbocycles. The number of carbonyl (C=O) groups excluding carboxylic acids is 1. The van der Waals surface area contributed by atoms with Crippen molar-refractivity contribution in [3.63, 3.8) is 0 Å². The van der Waals surface area contributed by atoms with E-state index in [0.717, 1.165) is 0 Å². The Morgan fingerprint density at radius 1 is 0.963 bits per heavy atom. The number of carbonyl (C=O) groups is 1. The Balaban J connectivity index is 2.17. The number of halogens is 2. The molecule has 1 unspecified atom stereocenters. The zero-order valence-corrected chi connectivity index (χ0v) is 17.4. The largest absolute Gasteiger partial charge is 0.349 e. The third kappa shape index (κ3) is 5.86. The second-order valence-electron chi connectivity index (χ2n) is 7.72. The van der Waals surface area contributed by atoms with Crippen molar-refractivity contribution in [1.29, 1.82) is 0 Å². The van der Waals surface area contributed by atoms with Crippen molar-refractivity contribution < 1.29 is 13.6 Å². The summed E-state index contributed by atoms with van der Waals surface area (Å²) in [5.41, 5.74) is 1.04. The summed E-state index contributed by atoms with van der Waals surface area (Å²) in [6.07, 6.45) is -1.02. The van der Waals surface area contributed by atoms with Gasteiger partial charge in [0.1, 0.15) is 0 Å². The van der Waals surface area contributed by atoms with E-state index < -0.39 is 14.2 Å². The van der Waals surface area contributed by atoms with Crippen LogP contribution in [0.2, 0.25) is 19.6 Å². The van der Waals surface area contributed by atoms with E-state index in [9.17, 15) is 13.6 Å². The summed E-state index contributed by atoms with van der Waals surface area (Å²) < 4.78 is 27.3. The lowest BCUT2D eigenvalue weighted by molar-refractivity contribution is 0.0936. The van der Waals surface area contributed by atoms with E-state index in [1.54, 1.807) is 36.4 Å². The molecule has 2 aromatic carbocycles. The first kappa shape index (κ1) is 21.0. The fraction of sp³-hybridized carbons (Fsp3) is 0.318. The smallest absolute Gasteiger partial charge is 0.274 e. The highest BCUT2D eigenvalue weighted by molar-refractivity contribution is 6.88. The Labute approximate surface area is 161 Å². The molecule has 0 heterocycles. The van der Waals surface area contributed by atoms with Gasteiger partial charge in [-0.1, -0.05) is 74.2 Å². The molecule has 0 spiro atoms. The molecule has 0 aliphatic heterocycles. The minimum atomic E-state index is -1.69. The van der Waals surface area contributed by atoms with Gasteiger partial charge in [-0.3, -0.25) is 4.79 Å². The first-order chi connectivity index (χ1) is 12.7. The van der Waals surface area contributed by atoms with Crippen molar-refractivity contribution in [1.82, 2.24) is 5.32 Å². The predicted molar refractivity (Wildman–Crippen MR) is 111 cm³/mol. The van der Waals surface area contributed by atoms with Crippen molar-refractivity contribution in [2.75, 3.05) is 0 Å². The van der Waals surface area contributed by atoms with E-state index >= 15 is 0 Å². The SMILES string of the molecule is CCC(CC(=C(F)F)c1ccc([Si](C)(C)C)cc1)NC(=O)c1ccccc1. The first-order valence-electron chi connectivity index (χ1n) is 9.23. The Morgan fingerprint density at radius 2 is 1.56 bits per heavy atom. The lowest BCUT2D eigenvalue weighted by atomic mass is 9.98. The van der Waals surface area contributed by atoms with Crippen LogP contribution in [0, 0.1) is 0 Å². The average Bonchev–Trinajstić information content (AvgIpc) is 2.64. The molecule has 5 heteroatoms. The molecular formula is C22H27F2NOSi.